The van der Waals surface area contributed by atoms with E-state index in [1.165, 1.54) is 70.6 Å². The highest BCUT2D eigenvalue weighted by molar-refractivity contribution is 4.84. The lowest BCUT2D eigenvalue weighted by Crippen LogP contribution is -1.75. The van der Waals surface area contributed by atoms with Crippen LogP contribution in [0.15, 0.2) is 24.3 Å². The monoisotopic (exact) mass is 249 g/mol. The molecule has 0 saturated heterocycles. The number of hydrogen-bond donors (Lipinski definition) is 0. The van der Waals surface area contributed by atoms with Crippen molar-refractivity contribution in [2.75, 3.05) is 0 Å². The van der Waals surface area contributed by atoms with Gasteiger partial charge in [-0.3, -0.25) is 0 Å². The number of allylic oxidation sites excluding steroid dienone is 4. The summed E-state index contributed by atoms with van der Waals surface area (Å²) in [4.78, 5) is 0. The normalized spacial score (nSPS) is 11.9. The Hall–Kier alpha value is -0.520. The largest absolute Gasteiger partial charge is 0.0885 e. The van der Waals surface area contributed by atoms with Crippen molar-refractivity contribution in [2.45, 2.75) is 84.0 Å². The van der Waals surface area contributed by atoms with Crippen LogP contribution in [0.25, 0.3) is 0 Å². The maximum absolute atomic E-state index is 3.84. The van der Waals surface area contributed by atoms with E-state index in [1.807, 2.05) is 0 Å². The summed E-state index contributed by atoms with van der Waals surface area (Å²) in [6, 6.07) is 0. The van der Waals surface area contributed by atoms with Gasteiger partial charge in [0.2, 0.25) is 0 Å². The lowest BCUT2D eigenvalue weighted by Gasteiger charge is -1.95. The zero-order valence-electron chi connectivity index (χ0n) is 12.5. The maximum atomic E-state index is 3.84. The van der Waals surface area contributed by atoms with Gasteiger partial charge in [0.25, 0.3) is 0 Å². The Labute approximate surface area is 116 Å². The summed E-state index contributed by atoms with van der Waals surface area (Å²) in [6.07, 6.45) is 24.9. The number of rotatable bonds is 13. The number of unbranched alkanes of at least 4 members (excludes halogenated alkanes) is 9. The van der Waals surface area contributed by atoms with Crippen molar-refractivity contribution in [3.05, 3.63) is 31.2 Å². The molecule has 0 aromatic rings. The zero-order chi connectivity index (χ0) is 13.3. The molecule has 0 spiro atoms. The summed E-state index contributed by atoms with van der Waals surface area (Å²) in [7, 11) is 0. The van der Waals surface area contributed by atoms with Crippen LogP contribution in [0.5, 0.6) is 0 Å². The van der Waals surface area contributed by atoms with Gasteiger partial charge in [0.15, 0.2) is 0 Å². The van der Waals surface area contributed by atoms with Crippen molar-refractivity contribution in [3.63, 3.8) is 0 Å². The Morgan fingerprint density at radius 3 is 1.50 bits per heavy atom. The second-order valence-electron chi connectivity index (χ2n) is 5.07. The summed E-state index contributed by atoms with van der Waals surface area (Å²) in [5, 5.41) is 0. The van der Waals surface area contributed by atoms with E-state index in [2.05, 4.69) is 38.2 Å². The van der Waals surface area contributed by atoms with Crippen molar-refractivity contribution < 1.29 is 0 Å². The molecule has 0 heterocycles. The fourth-order valence-corrected chi connectivity index (χ4v) is 1.95. The molecule has 0 N–H and O–H groups in total. The second-order valence-corrected chi connectivity index (χ2v) is 5.07. The fraction of sp³-hybridized carbons (Fsp3) is 0.722. The quantitative estimate of drug-likeness (QED) is 0.254. The molecule has 0 aromatic carbocycles. The van der Waals surface area contributed by atoms with Crippen molar-refractivity contribution in [1.29, 1.82) is 0 Å². The number of hydrogen-bond acceptors (Lipinski definition) is 0. The van der Waals surface area contributed by atoms with Crippen LogP contribution in [-0.4, -0.2) is 0 Å². The predicted octanol–water partition coefficient (Wildman–Crippen LogP) is 6.63. The Morgan fingerprint density at radius 2 is 1.06 bits per heavy atom. The van der Waals surface area contributed by atoms with E-state index in [-0.39, 0.29) is 0 Å². The van der Waals surface area contributed by atoms with Gasteiger partial charge in [-0.2, -0.15) is 0 Å². The van der Waals surface area contributed by atoms with Gasteiger partial charge in [-0.05, 0) is 51.4 Å². The summed E-state index contributed by atoms with van der Waals surface area (Å²) in [5.74, 6) is 0. The summed E-state index contributed by atoms with van der Waals surface area (Å²) >= 11 is 0. The Morgan fingerprint density at radius 1 is 0.611 bits per heavy atom. The molecule has 0 aliphatic rings. The summed E-state index contributed by atoms with van der Waals surface area (Å²) < 4.78 is 0. The van der Waals surface area contributed by atoms with Gasteiger partial charge in [-0.25, -0.2) is 0 Å². The molecule has 0 unspecified atom stereocenters. The molecule has 0 fully saturated rings. The molecule has 0 bridgehead atoms. The van der Waals surface area contributed by atoms with E-state index in [9.17, 15) is 0 Å². The van der Waals surface area contributed by atoms with Crippen LogP contribution in [0.2, 0.25) is 0 Å². The van der Waals surface area contributed by atoms with Crippen LogP contribution in [0.1, 0.15) is 84.0 Å². The second kappa shape index (κ2) is 16.5. The predicted molar refractivity (Wildman–Crippen MR) is 84.7 cm³/mol. The molecule has 0 aliphatic carbocycles. The lowest BCUT2D eigenvalue weighted by atomic mass is 10.1. The van der Waals surface area contributed by atoms with Crippen molar-refractivity contribution in [2.24, 2.45) is 0 Å². The van der Waals surface area contributed by atoms with Crippen molar-refractivity contribution >= 4 is 0 Å². The molecule has 0 aromatic heterocycles. The summed E-state index contributed by atoms with van der Waals surface area (Å²) in [5.41, 5.74) is 0. The van der Waals surface area contributed by atoms with Gasteiger partial charge in [0.1, 0.15) is 0 Å². The first kappa shape index (κ1) is 17.5. The van der Waals surface area contributed by atoms with Gasteiger partial charge in [0, 0.05) is 0 Å². The topological polar surface area (TPSA) is 0 Å². The highest BCUT2D eigenvalue weighted by Gasteiger charge is 1.86. The van der Waals surface area contributed by atoms with Gasteiger partial charge in [-0.15, -0.1) is 0 Å². The third-order valence-electron chi connectivity index (χ3n) is 3.17. The first-order chi connectivity index (χ1) is 8.91. The van der Waals surface area contributed by atoms with Crippen molar-refractivity contribution in [1.82, 2.24) is 0 Å². The third kappa shape index (κ3) is 15.5. The molecule has 0 rings (SSSR count). The molecular weight excluding hydrogens is 216 g/mol. The molecule has 18 heavy (non-hydrogen) atoms. The summed E-state index contributed by atoms with van der Waals surface area (Å²) in [6.45, 7) is 6.11. The van der Waals surface area contributed by atoms with Gasteiger partial charge in [0.05, 0.1) is 0 Å². The minimum Gasteiger partial charge on any atom is -0.0885 e. The minimum atomic E-state index is 1.06. The molecule has 0 aliphatic heterocycles. The molecule has 0 nitrogen and oxygen atoms in total. The van der Waals surface area contributed by atoms with Crippen LogP contribution < -0.4 is 0 Å². The molecule has 0 saturated carbocycles. The van der Waals surface area contributed by atoms with Gasteiger partial charge < -0.3 is 0 Å². The maximum Gasteiger partial charge on any atom is -0.0351 e. The lowest BCUT2D eigenvalue weighted by molar-refractivity contribution is 0.673. The van der Waals surface area contributed by atoms with Crippen LogP contribution in [0, 0.1) is 6.92 Å². The average Bonchev–Trinajstić information content (AvgIpc) is 2.39. The average molecular weight is 249 g/mol. The van der Waals surface area contributed by atoms with Crippen LogP contribution >= 0.6 is 0 Å². The van der Waals surface area contributed by atoms with Gasteiger partial charge in [-0.1, -0.05) is 63.8 Å². The third-order valence-corrected chi connectivity index (χ3v) is 3.17. The van der Waals surface area contributed by atoms with Gasteiger partial charge >= 0.3 is 0 Å². The van der Waals surface area contributed by atoms with Crippen LogP contribution in [-0.2, 0) is 0 Å². The van der Waals surface area contributed by atoms with E-state index < -0.39 is 0 Å². The first-order valence-electron chi connectivity index (χ1n) is 8.01. The van der Waals surface area contributed by atoms with E-state index in [0.29, 0.717) is 0 Å². The fourth-order valence-electron chi connectivity index (χ4n) is 1.95. The molecule has 0 amide bonds. The minimum absolute atomic E-state index is 1.06. The molecule has 0 atom stereocenters. The highest BCUT2D eigenvalue weighted by Crippen LogP contribution is 2.06. The standard InChI is InChI=1S/C18H33/c1-3-5-7-9-11-13-15-17-18-16-14-12-10-8-6-4-2/h9,11,14,16H,1,3-8,10,12-13,15,17-18H2,2H3. The Balaban J connectivity index is 3.10. The molecule has 105 valence electrons. The SMILES string of the molecule is [CH2]CCCC=CCCCCC=CCCCCCC. The highest BCUT2D eigenvalue weighted by atomic mass is 13.9. The zero-order valence-corrected chi connectivity index (χ0v) is 12.5. The van der Waals surface area contributed by atoms with E-state index in [1.54, 1.807) is 0 Å². The Bertz CT molecular complexity index is 188. The molecular formula is C18H33. The van der Waals surface area contributed by atoms with Crippen molar-refractivity contribution in [3.8, 4) is 0 Å². The van der Waals surface area contributed by atoms with Crippen LogP contribution in [0.4, 0.5) is 0 Å². The molecule has 1 radical (unpaired) electrons. The van der Waals surface area contributed by atoms with Crippen LogP contribution in [0.3, 0.4) is 0 Å². The smallest absolute Gasteiger partial charge is 0.0351 e. The first-order valence-corrected chi connectivity index (χ1v) is 8.01. The van der Waals surface area contributed by atoms with E-state index in [0.717, 1.165) is 6.42 Å². The molecule has 0 heteroatoms. The van der Waals surface area contributed by atoms with E-state index >= 15 is 0 Å². The van der Waals surface area contributed by atoms with E-state index in [4.69, 9.17) is 0 Å². The Kier molecular flexibility index (Phi) is 16.0.